The van der Waals surface area contributed by atoms with Crippen LogP contribution in [0.25, 0.3) is 0 Å². The molecule has 0 bridgehead atoms. The third-order valence-electron chi connectivity index (χ3n) is 2.42. The van der Waals surface area contributed by atoms with Gasteiger partial charge in [0.15, 0.2) is 11.9 Å². The van der Waals surface area contributed by atoms with Crippen LogP contribution in [0.3, 0.4) is 0 Å². The Kier molecular flexibility index (Phi) is 4.83. The fraction of sp³-hybridized carbons (Fsp3) is 0.385. The standard InChI is InChI=1S/C13H15FO4/c1-3-4-11(13(16)17)18-12-7-9(14)5-6-10(12)8(2)15/h5-7,11H,3-4H2,1-2H3,(H,16,17). The van der Waals surface area contributed by atoms with Crippen molar-refractivity contribution in [3.05, 3.63) is 29.6 Å². The van der Waals surface area contributed by atoms with Crippen LogP contribution in [0, 0.1) is 5.82 Å². The number of Topliss-reactive ketones (excluding diaryl/α,β-unsaturated/α-hetero) is 1. The average molecular weight is 254 g/mol. The first-order valence-corrected chi connectivity index (χ1v) is 5.65. The lowest BCUT2D eigenvalue weighted by molar-refractivity contribution is -0.145. The summed E-state index contributed by atoms with van der Waals surface area (Å²) >= 11 is 0. The van der Waals surface area contributed by atoms with Gasteiger partial charge < -0.3 is 9.84 Å². The van der Waals surface area contributed by atoms with E-state index in [2.05, 4.69) is 0 Å². The largest absolute Gasteiger partial charge is 0.479 e. The molecule has 0 saturated carbocycles. The second kappa shape index (κ2) is 6.14. The van der Waals surface area contributed by atoms with Crippen molar-refractivity contribution in [3.63, 3.8) is 0 Å². The molecule has 1 unspecified atom stereocenters. The minimum Gasteiger partial charge on any atom is -0.479 e. The van der Waals surface area contributed by atoms with Crippen LogP contribution in [0.5, 0.6) is 5.75 Å². The molecule has 5 heteroatoms. The molecule has 1 aromatic rings. The average Bonchev–Trinajstić information content (AvgIpc) is 2.28. The van der Waals surface area contributed by atoms with Crippen molar-refractivity contribution in [2.75, 3.05) is 0 Å². The van der Waals surface area contributed by atoms with Gasteiger partial charge in [-0.1, -0.05) is 13.3 Å². The summed E-state index contributed by atoms with van der Waals surface area (Å²) in [6.07, 6.45) is -0.167. The summed E-state index contributed by atoms with van der Waals surface area (Å²) < 4.78 is 18.3. The van der Waals surface area contributed by atoms with Gasteiger partial charge in [-0.2, -0.15) is 0 Å². The minimum absolute atomic E-state index is 0.0247. The van der Waals surface area contributed by atoms with Gasteiger partial charge in [0, 0.05) is 6.07 Å². The Morgan fingerprint density at radius 2 is 2.11 bits per heavy atom. The topological polar surface area (TPSA) is 63.6 Å². The number of ketones is 1. The van der Waals surface area contributed by atoms with E-state index in [4.69, 9.17) is 9.84 Å². The quantitative estimate of drug-likeness (QED) is 0.793. The summed E-state index contributed by atoms with van der Waals surface area (Å²) in [6, 6.07) is 3.46. The Labute approximate surface area is 104 Å². The van der Waals surface area contributed by atoms with Crippen LogP contribution in [0.1, 0.15) is 37.0 Å². The van der Waals surface area contributed by atoms with Crippen molar-refractivity contribution >= 4 is 11.8 Å². The molecule has 0 aliphatic rings. The molecule has 18 heavy (non-hydrogen) atoms. The highest BCUT2D eigenvalue weighted by Gasteiger charge is 2.21. The molecule has 0 radical (unpaired) electrons. The molecule has 0 amide bonds. The van der Waals surface area contributed by atoms with Crippen molar-refractivity contribution in [2.24, 2.45) is 0 Å². The van der Waals surface area contributed by atoms with Crippen molar-refractivity contribution in [3.8, 4) is 5.75 Å². The van der Waals surface area contributed by atoms with Crippen LogP contribution in [-0.4, -0.2) is 23.0 Å². The second-order valence-corrected chi connectivity index (χ2v) is 3.93. The maximum Gasteiger partial charge on any atom is 0.344 e. The third kappa shape index (κ3) is 3.55. The molecule has 0 heterocycles. The number of ether oxygens (including phenoxy) is 1. The van der Waals surface area contributed by atoms with Crippen LogP contribution >= 0.6 is 0 Å². The Balaban J connectivity index is 3.03. The molecule has 1 N–H and O–H groups in total. The third-order valence-corrected chi connectivity index (χ3v) is 2.42. The highest BCUT2D eigenvalue weighted by Crippen LogP contribution is 2.23. The van der Waals surface area contributed by atoms with Crippen molar-refractivity contribution in [1.29, 1.82) is 0 Å². The number of benzene rings is 1. The van der Waals surface area contributed by atoms with E-state index >= 15 is 0 Å². The Morgan fingerprint density at radius 3 is 2.61 bits per heavy atom. The van der Waals surface area contributed by atoms with E-state index in [1.165, 1.54) is 13.0 Å². The SMILES string of the molecule is CCCC(Oc1cc(F)ccc1C(C)=O)C(=O)O. The Bertz CT molecular complexity index is 456. The van der Waals surface area contributed by atoms with Gasteiger partial charge in [-0.25, -0.2) is 9.18 Å². The second-order valence-electron chi connectivity index (χ2n) is 3.93. The van der Waals surface area contributed by atoms with Gasteiger partial charge in [0.05, 0.1) is 5.56 Å². The molecular weight excluding hydrogens is 239 g/mol. The van der Waals surface area contributed by atoms with Crippen LogP contribution in [-0.2, 0) is 4.79 Å². The summed E-state index contributed by atoms with van der Waals surface area (Å²) in [6.45, 7) is 3.13. The van der Waals surface area contributed by atoms with Gasteiger partial charge >= 0.3 is 5.97 Å². The minimum atomic E-state index is -1.13. The van der Waals surface area contributed by atoms with Crippen LogP contribution in [0.2, 0.25) is 0 Å². The highest BCUT2D eigenvalue weighted by molar-refractivity contribution is 5.96. The first kappa shape index (κ1) is 14.2. The van der Waals surface area contributed by atoms with Gasteiger partial charge in [0.25, 0.3) is 0 Å². The number of carboxylic acids is 1. The normalized spacial score (nSPS) is 11.9. The van der Waals surface area contributed by atoms with E-state index in [1.807, 2.05) is 6.92 Å². The smallest absolute Gasteiger partial charge is 0.344 e. The van der Waals surface area contributed by atoms with Crippen molar-refractivity contribution in [1.82, 2.24) is 0 Å². The number of halogens is 1. The summed E-state index contributed by atoms with van der Waals surface area (Å²) in [5.41, 5.74) is 0.179. The molecule has 1 aromatic carbocycles. The first-order valence-electron chi connectivity index (χ1n) is 5.65. The zero-order chi connectivity index (χ0) is 13.7. The maximum absolute atomic E-state index is 13.1. The fourth-order valence-electron chi connectivity index (χ4n) is 1.53. The Morgan fingerprint density at radius 1 is 1.44 bits per heavy atom. The van der Waals surface area contributed by atoms with Gasteiger partial charge in [-0.15, -0.1) is 0 Å². The molecule has 0 spiro atoms. The fourth-order valence-corrected chi connectivity index (χ4v) is 1.53. The number of aliphatic carboxylic acids is 1. The summed E-state index contributed by atoms with van der Waals surface area (Å²) in [4.78, 5) is 22.3. The molecule has 0 fully saturated rings. The van der Waals surface area contributed by atoms with Crippen molar-refractivity contribution in [2.45, 2.75) is 32.8 Å². The van der Waals surface area contributed by atoms with E-state index in [0.29, 0.717) is 12.8 Å². The number of carbonyl (C=O) groups excluding carboxylic acids is 1. The van der Waals surface area contributed by atoms with Crippen molar-refractivity contribution < 1.29 is 23.8 Å². The van der Waals surface area contributed by atoms with Gasteiger partial charge in [0.2, 0.25) is 0 Å². The lowest BCUT2D eigenvalue weighted by Crippen LogP contribution is -2.27. The van der Waals surface area contributed by atoms with Gasteiger partial charge in [0.1, 0.15) is 11.6 Å². The molecule has 0 aliphatic heterocycles. The summed E-state index contributed by atoms with van der Waals surface area (Å²) in [5, 5.41) is 8.96. The number of rotatable bonds is 6. The molecule has 98 valence electrons. The number of carbonyl (C=O) groups is 2. The Hall–Kier alpha value is -1.91. The van der Waals surface area contributed by atoms with E-state index in [0.717, 1.165) is 12.1 Å². The van der Waals surface area contributed by atoms with E-state index in [-0.39, 0.29) is 17.1 Å². The molecule has 1 rings (SSSR count). The lowest BCUT2D eigenvalue weighted by Gasteiger charge is -2.16. The number of hydrogen-bond donors (Lipinski definition) is 1. The first-order chi connectivity index (χ1) is 8.45. The van der Waals surface area contributed by atoms with E-state index in [9.17, 15) is 14.0 Å². The van der Waals surface area contributed by atoms with Crippen LogP contribution in [0.15, 0.2) is 18.2 Å². The molecule has 0 aliphatic carbocycles. The maximum atomic E-state index is 13.1. The highest BCUT2D eigenvalue weighted by atomic mass is 19.1. The van der Waals surface area contributed by atoms with Gasteiger partial charge in [-0.05, 0) is 25.5 Å². The van der Waals surface area contributed by atoms with Crippen LogP contribution in [0.4, 0.5) is 4.39 Å². The van der Waals surface area contributed by atoms with E-state index < -0.39 is 17.9 Å². The zero-order valence-electron chi connectivity index (χ0n) is 10.3. The van der Waals surface area contributed by atoms with E-state index in [1.54, 1.807) is 0 Å². The monoisotopic (exact) mass is 254 g/mol. The molecule has 1 atom stereocenters. The predicted molar refractivity (Wildman–Crippen MR) is 63.4 cm³/mol. The molecule has 0 saturated heterocycles. The number of hydrogen-bond acceptors (Lipinski definition) is 3. The lowest BCUT2D eigenvalue weighted by atomic mass is 10.1. The molecular formula is C13H15FO4. The molecule has 4 nitrogen and oxygen atoms in total. The molecule has 0 aromatic heterocycles. The number of carboxylic acid groups (broad SMARTS) is 1. The summed E-state index contributed by atoms with van der Waals surface area (Å²) in [7, 11) is 0. The summed E-state index contributed by atoms with van der Waals surface area (Å²) in [5.74, 6) is -2.03. The van der Waals surface area contributed by atoms with Gasteiger partial charge in [-0.3, -0.25) is 4.79 Å². The zero-order valence-corrected chi connectivity index (χ0v) is 10.3. The predicted octanol–water partition coefficient (Wildman–Crippen LogP) is 2.66. The van der Waals surface area contributed by atoms with Crippen LogP contribution < -0.4 is 4.74 Å².